The van der Waals surface area contributed by atoms with Gasteiger partial charge >= 0.3 is 0 Å². The van der Waals surface area contributed by atoms with E-state index in [2.05, 4.69) is 0 Å². The topological polar surface area (TPSA) is 29.5 Å². The molecule has 1 heterocycles. The van der Waals surface area contributed by atoms with Crippen LogP contribution >= 0.6 is 23.2 Å². The van der Waals surface area contributed by atoms with Gasteiger partial charge in [-0.3, -0.25) is 4.79 Å². The predicted molar refractivity (Wildman–Crippen MR) is 92.1 cm³/mol. The van der Waals surface area contributed by atoms with Crippen molar-refractivity contribution in [2.24, 2.45) is 0 Å². The summed E-state index contributed by atoms with van der Waals surface area (Å²) in [6, 6.07) is 15.0. The van der Waals surface area contributed by atoms with Gasteiger partial charge in [0.25, 0.3) is 5.91 Å². The second-order valence-electron chi connectivity index (χ2n) is 5.66. The molecule has 1 saturated heterocycles. The zero-order chi connectivity index (χ0) is 16.4. The van der Waals surface area contributed by atoms with Crippen LogP contribution in [0, 0.1) is 0 Å². The van der Waals surface area contributed by atoms with E-state index in [1.807, 2.05) is 37.3 Å². The summed E-state index contributed by atoms with van der Waals surface area (Å²) >= 11 is 12.2. The lowest BCUT2D eigenvalue weighted by molar-refractivity contribution is -0.0691. The fraction of sp³-hybridized carbons (Fsp3) is 0.278. The van der Waals surface area contributed by atoms with Crippen molar-refractivity contribution in [1.29, 1.82) is 0 Å². The minimum absolute atomic E-state index is 0.0455. The number of morpholine rings is 1. The molecule has 0 saturated carbocycles. The maximum absolute atomic E-state index is 12.8. The summed E-state index contributed by atoms with van der Waals surface area (Å²) in [5.41, 5.74) is 1.49. The molecule has 0 N–H and O–H groups in total. The highest BCUT2D eigenvalue weighted by atomic mass is 35.5. The Hall–Kier alpha value is -1.55. The fourth-order valence-corrected chi connectivity index (χ4v) is 3.19. The summed E-state index contributed by atoms with van der Waals surface area (Å²) in [4.78, 5) is 14.6. The Morgan fingerprint density at radius 2 is 1.83 bits per heavy atom. The van der Waals surface area contributed by atoms with E-state index in [1.54, 1.807) is 23.1 Å². The third kappa shape index (κ3) is 3.52. The number of ether oxygens (including phenoxy) is 1. The molecule has 1 aliphatic rings. The number of carbonyl (C=O) groups is 1. The molecular weight excluding hydrogens is 333 g/mol. The number of carbonyl (C=O) groups excluding carboxylic acids is 1. The lowest BCUT2D eigenvalue weighted by atomic mass is 10.1. The predicted octanol–water partition coefficient (Wildman–Crippen LogP) is 4.60. The van der Waals surface area contributed by atoms with Gasteiger partial charge < -0.3 is 9.64 Å². The number of hydrogen-bond acceptors (Lipinski definition) is 2. The molecule has 2 atom stereocenters. The maximum atomic E-state index is 12.8. The molecule has 1 aliphatic heterocycles. The minimum Gasteiger partial charge on any atom is -0.367 e. The molecule has 120 valence electrons. The Balaban J connectivity index is 1.84. The quantitative estimate of drug-likeness (QED) is 0.793. The Bertz CT molecular complexity index is 705. The summed E-state index contributed by atoms with van der Waals surface area (Å²) in [5.74, 6) is -0.117. The zero-order valence-corrected chi connectivity index (χ0v) is 14.2. The first-order chi connectivity index (χ1) is 11.1. The zero-order valence-electron chi connectivity index (χ0n) is 12.7. The summed E-state index contributed by atoms with van der Waals surface area (Å²) in [5, 5.41) is 0.688. The average Bonchev–Trinajstić information content (AvgIpc) is 2.57. The summed E-state index contributed by atoms with van der Waals surface area (Å²) < 4.78 is 5.99. The largest absolute Gasteiger partial charge is 0.367 e. The molecule has 3 rings (SSSR count). The molecule has 2 aromatic rings. The van der Waals surface area contributed by atoms with Crippen LogP contribution in [0.3, 0.4) is 0 Å². The molecule has 1 fully saturated rings. The van der Waals surface area contributed by atoms with Gasteiger partial charge in [-0.15, -0.1) is 0 Å². The van der Waals surface area contributed by atoms with Gasteiger partial charge in [0.15, 0.2) is 0 Å². The SMILES string of the molecule is CC1CN(C(=O)c2cccc(Cl)c2Cl)CC(c2ccccc2)O1. The van der Waals surface area contributed by atoms with Crippen molar-refractivity contribution in [2.75, 3.05) is 13.1 Å². The lowest BCUT2D eigenvalue weighted by Crippen LogP contribution is -2.46. The second kappa shape index (κ2) is 6.91. The van der Waals surface area contributed by atoms with Gasteiger partial charge in [0.1, 0.15) is 6.10 Å². The number of benzene rings is 2. The number of nitrogens with zero attached hydrogens (tertiary/aromatic N) is 1. The number of halogens is 2. The van der Waals surface area contributed by atoms with Gasteiger partial charge in [0.2, 0.25) is 0 Å². The van der Waals surface area contributed by atoms with Gasteiger partial charge in [0, 0.05) is 6.54 Å². The molecule has 0 radical (unpaired) electrons. The molecule has 1 amide bonds. The highest BCUT2D eigenvalue weighted by Crippen LogP contribution is 2.30. The van der Waals surface area contributed by atoms with Crippen LogP contribution in [0.2, 0.25) is 10.0 Å². The van der Waals surface area contributed by atoms with Gasteiger partial charge in [-0.25, -0.2) is 0 Å². The molecule has 0 spiro atoms. The molecular formula is C18H17Cl2NO2. The molecule has 3 nitrogen and oxygen atoms in total. The van der Waals surface area contributed by atoms with Crippen LogP contribution in [0.1, 0.15) is 28.9 Å². The van der Waals surface area contributed by atoms with E-state index in [0.717, 1.165) is 5.56 Å². The standard InChI is InChI=1S/C18H17Cl2NO2/c1-12-10-21(11-16(23-12)13-6-3-2-4-7-13)18(22)14-8-5-9-15(19)17(14)20/h2-9,12,16H,10-11H2,1H3. The van der Waals surface area contributed by atoms with Crippen LogP contribution in [0.15, 0.2) is 48.5 Å². The normalized spacial score (nSPS) is 21.3. The smallest absolute Gasteiger partial charge is 0.255 e. The maximum Gasteiger partial charge on any atom is 0.255 e. The average molecular weight is 350 g/mol. The molecule has 2 aromatic carbocycles. The summed E-state index contributed by atoms with van der Waals surface area (Å²) in [7, 11) is 0. The van der Waals surface area contributed by atoms with Crippen molar-refractivity contribution in [3.8, 4) is 0 Å². The van der Waals surface area contributed by atoms with Gasteiger partial charge in [-0.05, 0) is 24.6 Å². The van der Waals surface area contributed by atoms with Crippen LogP contribution in [0.4, 0.5) is 0 Å². The van der Waals surface area contributed by atoms with Crippen molar-refractivity contribution >= 4 is 29.1 Å². The fourth-order valence-electron chi connectivity index (χ4n) is 2.81. The number of hydrogen-bond donors (Lipinski definition) is 0. The Morgan fingerprint density at radius 3 is 2.57 bits per heavy atom. The first-order valence-corrected chi connectivity index (χ1v) is 8.25. The summed E-state index contributed by atoms with van der Waals surface area (Å²) in [6.45, 7) is 3.00. The van der Waals surface area contributed by atoms with Crippen molar-refractivity contribution in [3.63, 3.8) is 0 Å². The Labute approximate surface area is 145 Å². The molecule has 0 bridgehead atoms. The molecule has 5 heteroatoms. The van der Waals surface area contributed by atoms with Crippen LogP contribution in [-0.2, 0) is 4.74 Å². The monoisotopic (exact) mass is 349 g/mol. The van der Waals surface area contributed by atoms with E-state index in [9.17, 15) is 4.79 Å². The molecule has 0 aromatic heterocycles. The van der Waals surface area contributed by atoms with E-state index in [-0.39, 0.29) is 18.1 Å². The van der Waals surface area contributed by atoms with E-state index in [4.69, 9.17) is 27.9 Å². The molecule has 2 unspecified atom stereocenters. The van der Waals surface area contributed by atoms with Crippen molar-refractivity contribution in [1.82, 2.24) is 4.90 Å². The van der Waals surface area contributed by atoms with Crippen molar-refractivity contribution in [2.45, 2.75) is 19.1 Å². The number of rotatable bonds is 2. The van der Waals surface area contributed by atoms with Crippen molar-refractivity contribution in [3.05, 3.63) is 69.7 Å². The van der Waals surface area contributed by atoms with E-state index in [0.29, 0.717) is 28.7 Å². The third-order valence-electron chi connectivity index (χ3n) is 3.90. The van der Waals surface area contributed by atoms with Gasteiger partial charge in [-0.1, -0.05) is 59.6 Å². The number of amides is 1. The summed E-state index contributed by atoms with van der Waals surface area (Å²) in [6.07, 6.45) is -0.183. The van der Waals surface area contributed by atoms with E-state index >= 15 is 0 Å². The van der Waals surface area contributed by atoms with Crippen LogP contribution in [0.25, 0.3) is 0 Å². The highest BCUT2D eigenvalue weighted by Gasteiger charge is 2.30. The van der Waals surface area contributed by atoms with E-state index in [1.165, 1.54) is 0 Å². The van der Waals surface area contributed by atoms with Crippen molar-refractivity contribution < 1.29 is 9.53 Å². The first-order valence-electron chi connectivity index (χ1n) is 7.50. The van der Waals surface area contributed by atoms with Crippen LogP contribution in [-0.4, -0.2) is 30.0 Å². The van der Waals surface area contributed by atoms with Gasteiger partial charge in [-0.2, -0.15) is 0 Å². The second-order valence-corrected chi connectivity index (χ2v) is 6.44. The Morgan fingerprint density at radius 1 is 1.09 bits per heavy atom. The lowest BCUT2D eigenvalue weighted by Gasteiger charge is -2.37. The Kier molecular flexibility index (Phi) is 4.90. The third-order valence-corrected chi connectivity index (χ3v) is 4.72. The van der Waals surface area contributed by atoms with E-state index < -0.39 is 0 Å². The van der Waals surface area contributed by atoms with Crippen LogP contribution < -0.4 is 0 Å². The minimum atomic E-state index is -0.137. The molecule has 23 heavy (non-hydrogen) atoms. The van der Waals surface area contributed by atoms with Crippen LogP contribution in [0.5, 0.6) is 0 Å². The van der Waals surface area contributed by atoms with Gasteiger partial charge in [0.05, 0.1) is 28.3 Å². The first kappa shape index (κ1) is 16.3. The highest BCUT2D eigenvalue weighted by molar-refractivity contribution is 6.43. The molecule has 0 aliphatic carbocycles.